The maximum absolute atomic E-state index is 12.5. The zero-order valence-corrected chi connectivity index (χ0v) is 17.0. The number of ketones is 2. The average molecular weight is 426 g/mol. The summed E-state index contributed by atoms with van der Waals surface area (Å²) >= 11 is 6.23. The van der Waals surface area contributed by atoms with E-state index in [0.29, 0.717) is 0 Å². The molecule has 2 aromatic carbocycles. The van der Waals surface area contributed by atoms with E-state index in [1.807, 2.05) is 6.92 Å². The molecule has 3 rings (SSSR count). The molecule has 2 radical (unpaired) electrons. The van der Waals surface area contributed by atoms with Crippen LogP contribution in [0.1, 0.15) is 42.2 Å². The molecule has 0 aliphatic heterocycles. The van der Waals surface area contributed by atoms with Crippen LogP contribution in [0, 0.1) is 13.8 Å². The van der Waals surface area contributed by atoms with Crippen molar-refractivity contribution in [3.8, 4) is 0 Å². The molecular formula is C21H17BClNO6. The van der Waals surface area contributed by atoms with Gasteiger partial charge in [0.1, 0.15) is 0 Å². The molecule has 1 amide bonds. The Morgan fingerprint density at radius 3 is 2.27 bits per heavy atom. The van der Waals surface area contributed by atoms with E-state index in [1.165, 1.54) is 12.1 Å². The third kappa shape index (κ3) is 4.01. The highest BCUT2D eigenvalue weighted by molar-refractivity contribution is 6.34. The van der Waals surface area contributed by atoms with Crippen molar-refractivity contribution in [2.45, 2.75) is 26.1 Å². The molecule has 1 N–H and O–H groups in total. The number of hydrogen-bond acceptors (Lipinski definition) is 6. The van der Waals surface area contributed by atoms with Crippen LogP contribution in [0.2, 0.25) is 5.02 Å². The summed E-state index contributed by atoms with van der Waals surface area (Å²) in [4.78, 5) is 49.5. The van der Waals surface area contributed by atoms with Gasteiger partial charge in [0.25, 0.3) is 5.91 Å². The molecule has 0 aromatic heterocycles. The van der Waals surface area contributed by atoms with E-state index < -0.39 is 35.7 Å². The van der Waals surface area contributed by atoms with E-state index in [4.69, 9.17) is 24.4 Å². The SMILES string of the molecule is [B]OC(=O)[C@H](CNC(=O)c1ccc(C)c(C)c1Cl)OC1C(=O)c2ccccc2C1=O. The number of fused-ring (bicyclic) bond motifs is 1. The summed E-state index contributed by atoms with van der Waals surface area (Å²) in [5, 5.41) is 2.78. The normalized spacial score (nSPS) is 14.4. The second-order valence-electron chi connectivity index (χ2n) is 6.79. The lowest BCUT2D eigenvalue weighted by molar-refractivity contribution is -0.147. The number of Topliss-reactive ketones (excluding diaryl/α,β-unsaturated/α-hetero) is 2. The Kier molecular flexibility index (Phi) is 6.38. The second kappa shape index (κ2) is 8.81. The molecule has 30 heavy (non-hydrogen) atoms. The van der Waals surface area contributed by atoms with Gasteiger partial charge in [-0.1, -0.05) is 41.9 Å². The van der Waals surface area contributed by atoms with E-state index in [0.717, 1.165) is 11.1 Å². The predicted molar refractivity (Wildman–Crippen MR) is 109 cm³/mol. The number of carbonyl (C=O) groups excluding carboxylic acids is 4. The summed E-state index contributed by atoms with van der Waals surface area (Å²) in [6.07, 6.45) is -3.00. The summed E-state index contributed by atoms with van der Waals surface area (Å²) in [6, 6.07) is 9.53. The molecule has 0 unspecified atom stereocenters. The fraction of sp³-hybridized carbons (Fsp3) is 0.238. The standard InChI is InChI=1S/C21H17BClNO6/c1-10-7-8-14(16(23)11(10)2)20(27)24-9-15(21(28)30-22)29-19-17(25)12-5-3-4-6-13(12)18(19)26/h3-8,15,19H,9H2,1-2H3,(H,24,27)/t15-/m0/s1. The molecule has 1 aliphatic rings. The van der Waals surface area contributed by atoms with Crippen molar-refractivity contribution in [2.24, 2.45) is 0 Å². The highest BCUT2D eigenvalue weighted by Crippen LogP contribution is 2.26. The van der Waals surface area contributed by atoms with Gasteiger partial charge in [0.15, 0.2) is 23.8 Å². The number of aryl methyl sites for hydroxylation is 1. The number of rotatable bonds is 6. The van der Waals surface area contributed by atoms with E-state index >= 15 is 0 Å². The van der Waals surface area contributed by atoms with Gasteiger partial charge in [-0.3, -0.25) is 19.2 Å². The average Bonchev–Trinajstić information content (AvgIpc) is 2.99. The lowest BCUT2D eigenvalue weighted by Gasteiger charge is -2.20. The minimum absolute atomic E-state index is 0.207. The molecule has 9 heteroatoms. The summed E-state index contributed by atoms with van der Waals surface area (Å²) in [5.74, 6) is -2.75. The third-order valence-electron chi connectivity index (χ3n) is 4.96. The molecule has 0 saturated carbocycles. The number of amides is 1. The Balaban J connectivity index is 1.74. The van der Waals surface area contributed by atoms with Gasteiger partial charge >= 0.3 is 14.0 Å². The smallest absolute Gasteiger partial charge is 0.378 e. The Bertz CT molecular complexity index is 1020. The highest BCUT2D eigenvalue weighted by atomic mass is 35.5. The molecule has 0 fully saturated rings. The molecule has 7 nitrogen and oxygen atoms in total. The van der Waals surface area contributed by atoms with Gasteiger partial charge in [-0.05, 0) is 31.0 Å². The molecule has 1 atom stereocenters. The van der Waals surface area contributed by atoms with Gasteiger partial charge in [-0.25, -0.2) is 0 Å². The van der Waals surface area contributed by atoms with Gasteiger partial charge in [-0.2, -0.15) is 0 Å². The largest absolute Gasteiger partial charge is 0.541 e. The van der Waals surface area contributed by atoms with E-state index in [9.17, 15) is 19.2 Å². The van der Waals surface area contributed by atoms with E-state index in [1.54, 1.807) is 31.2 Å². The zero-order valence-electron chi connectivity index (χ0n) is 16.2. The van der Waals surface area contributed by atoms with Crippen LogP contribution in [0.15, 0.2) is 36.4 Å². The molecule has 2 aromatic rings. The van der Waals surface area contributed by atoms with Crippen molar-refractivity contribution in [3.05, 3.63) is 69.2 Å². The minimum Gasteiger partial charge on any atom is -0.541 e. The fourth-order valence-electron chi connectivity index (χ4n) is 3.10. The highest BCUT2D eigenvalue weighted by Gasteiger charge is 2.42. The van der Waals surface area contributed by atoms with Crippen LogP contribution < -0.4 is 5.32 Å². The van der Waals surface area contributed by atoms with Crippen molar-refractivity contribution < 1.29 is 28.6 Å². The van der Waals surface area contributed by atoms with Crippen LogP contribution in [0.5, 0.6) is 0 Å². The first-order chi connectivity index (χ1) is 14.3. The van der Waals surface area contributed by atoms with Gasteiger partial charge in [0.05, 0.1) is 17.1 Å². The summed E-state index contributed by atoms with van der Waals surface area (Å²) in [5.41, 5.74) is 2.29. The van der Waals surface area contributed by atoms with Crippen LogP contribution in [0.25, 0.3) is 0 Å². The lowest BCUT2D eigenvalue weighted by Crippen LogP contribution is -2.43. The predicted octanol–water partition coefficient (Wildman–Crippen LogP) is 2.15. The maximum atomic E-state index is 12.5. The van der Waals surface area contributed by atoms with Crippen LogP contribution in [-0.2, 0) is 14.2 Å². The van der Waals surface area contributed by atoms with Crippen molar-refractivity contribution in [1.29, 1.82) is 0 Å². The number of benzene rings is 2. The van der Waals surface area contributed by atoms with E-state index in [-0.39, 0.29) is 28.3 Å². The molecule has 0 spiro atoms. The van der Waals surface area contributed by atoms with Crippen LogP contribution in [0.3, 0.4) is 0 Å². The van der Waals surface area contributed by atoms with Gasteiger partial charge in [0.2, 0.25) is 0 Å². The van der Waals surface area contributed by atoms with Gasteiger partial charge in [0, 0.05) is 11.1 Å². The molecular weight excluding hydrogens is 408 g/mol. The van der Waals surface area contributed by atoms with Crippen LogP contribution >= 0.6 is 11.6 Å². The van der Waals surface area contributed by atoms with Crippen molar-refractivity contribution in [3.63, 3.8) is 0 Å². The van der Waals surface area contributed by atoms with Crippen LogP contribution in [0.4, 0.5) is 0 Å². The Morgan fingerprint density at radius 1 is 1.10 bits per heavy atom. The topological polar surface area (TPSA) is 98.8 Å². The molecule has 152 valence electrons. The van der Waals surface area contributed by atoms with Crippen molar-refractivity contribution >= 4 is 43.1 Å². The molecule has 0 bridgehead atoms. The first-order valence-corrected chi connectivity index (χ1v) is 9.41. The van der Waals surface area contributed by atoms with Gasteiger partial charge < -0.3 is 14.7 Å². The van der Waals surface area contributed by atoms with Crippen molar-refractivity contribution in [2.75, 3.05) is 6.54 Å². The van der Waals surface area contributed by atoms with Crippen LogP contribution in [-0.4, -0.2) is 50.2 Å². The Morgan fingerprint density at radius 2 is 1.70 bits per heavy atom. The van der Waals surface area contributed by atoms with Gasteiger partial charge in [-0.15, -0.1) is 0 Å². The minimum atomic E-state index is -1.52. The summed E-state index contributed by atoms with van der Waals surface area (Å²) in [6.45, 7) is 3.25. The Hall–Kier alpha value is -2.97. The quantitative estimate of drug-likeness (QED) is 0.562. The fourth-order valence-corrected chi connectivity index (χ4v) is 3.40. The summed E-state index contributed by atoms with van der Waals surface area (Å²) < 4.78 is 9.63. The van der Waals surface area contributed by atoms with Crippen molar-refractivity contribution in [1.82, 2.24) is 5.32 Å². The Labute approximate surface area is 179 Å². The molecule has 0 heterocycles. The number of ether oxygens (including phenoxy) is 1. The lowest BCUT2D eigenvalue weighted by atomic mass is 10.1. The summed E-state index contributed by atoms with van der Waals surface area (Å²) in [7, 11) is 4.95. The van der Waals surface area contributed by atoms with E-state index in [2.05, 4.69) is 9.97 Å². The maximum Gasteiger partial charge on any atom is 0.378 e. The number of hydrogen-bond donors (Lipinski definition) is 1. The first-order valence-electron chi connectivity index (χ1n) is 9.03. The zero-order chi connectivity index (χ0) is 22.0. The third-order valence-corrected chi connectivity index (χ3v) is 5.45. The number of halogens is 1. The second-order valence-corrected chi connectivity index (χ2v) is 7.17. The molecule has 0 saturated heterocycles. The number of carbonyl (C=O) groups is 4. The molecule has 1 aliphatic carbocycles. The first kappa shape index (κ1) is 21.7. The monoisotopic (exact) mass is 425 g/mol. The number of nitrogens with one attached hydrogen (secondary N) is 1.